The van der Waals surface area contributed by atoms with E-state index in [0.717, 1.165) is 22.0 Å². The van der Waals surface area contributed by atoms with Gasteiger partial charge in [0.15, 0.2) is 5.76 Å². The zero-order valence-corrected chi connectivity index (χ0v) is 19.4. The van der Waals surface area contributed by atoms with Crippen molar-refractivity contribution >= 4 is 17.2 Å². The number of ether oxygens (including phenoxy) is 1. The van der Waals surface area contributed by atoms with Crippen LogP contribution in [0, 0.1) is 0 Å². The van der Waals surface area contributed by atoms with Crippen LogP contribution in [0.15, 0.2) is 69.4 Å². The van der Waals surface area contributed by atoms with Crippen molar-refractivity contribution in [3.8, 4) is 27.8 Å². The maximum Gasteiger partial charge on any atom is 0.267 e. The van der Waals surface area contributed by atoms with Crippen LogP contribution in [-0.2, 0) is 16.8 Å². The van der Waals surface area contributed by atoms with Crippen molar-refractivity contribution in [2.75, 3.05) is 13.7 Å². The van der Waals surface area contributed by atoms with Gasteiger partial charge in [-0.25, -0.2) is 9.67 Å². The van der Waals surface area contributed by atoms with Crippen molar-refractivity contribution in [2.45, 2.75) is 25.8 Å². The fraction of sp³-hybridized carbons (Fsp3) is 0.250. The highest BCUT2D eigenvalue weighted by atomic mass is 32.1. The Hall–Kier alpha value is -3.72. The van der Waals surface area contributed by atoms with E-state index in [9.17, 15) is 9.59 Å². The van der Waals surface area contributed by atoms with Gasteiger partial charge in [-0.05, 0) is 56.3 Å². The fourth-order valence-electron chi connectivity index (χ4n) is 3.27. The largest absolute Gasteiger partial charge is 0.497 e. The molecule has 1 N–H and O–H groups in total. The van der Waals surface area contributed by atoms with Crippen LogP contribution in [0.4, 0.5) is 0 Å². The minimum Gasteiger partial charge on any atom is -0.497 e. The summed E-state index contributed by atoms with van der Waals surface area (Å²) in [4.78, 5) is 30.0. The SMILES string of the molecule is COc1ccc(-c2nc(CCNC(=O)C(C)(C)n3nc(-c4ccco4)ccc3=O)cs2)cc1. The van der Waals surface area contributed by atoms with Crippen LogP contribution >= 0.6 is 11.3 Å². The standard InChI is InChI=1S/C24H24N4O4S/c1-24(2,28-21(29)11-10-19(27-28)20-5-4-14-32-20)23(30)25-13-12-17-15-33-22(26-17)16-6-8-18(31-3)9-7-16/h4-11,14-15H,12-13H2,1-3H3,(H,25,30). The summed E-state index contributed by atoms with van der Waals surface area (Å²) in [5.74, 6) is 1.01. The Labute approximate surface area is 194 Å². The first-order chi connectivity index (χ1) is 15.9. The highest BCUT2D eigenvalue weighted by Crippen LogP contribution is 2.26. The number of methoxy groups -OCH3 is 1. The van der Waals surface area contributed by atoms with E-state index < -0.39 is 5.54 Å². The van der Waals surface area contributed by atoms with Crippen molar-refractivity contribution in [2.24, 2.45) is 0 Å². The van der Waals surface area contributed by atoms with Gasteiger partial charge in [-0.1, -0.05) is 0 Å². The number of rotatable bonds is 8. The van der Waals surface area contributed by atoms with Gasteiger partial charge in [0.05, 0.1) is 19.1 Å². The van der Waals surface area contributed by atoms with Crippen LogP contribution in [0.1, 0.15) is 19.5 Å². The monoisotopic (exact) mass is 464 g/mol. The highest BCUT2D eigenvalue weighted by Gasteiger charge is 2.32. The molecule has 0 aliphatic rings. The number of carbonyl (C=O) groups is 1. The first-order valence-corrected chi connectivity index (χ1v) is 11.3. The summed E-state index contributed by atoms with van der Waals surface area (Å²) in [5.41, 5.74) is 0.831. The van der Waals surface area contributed by atoms with E-state index in [2.05, 4.69) is 15.4 Å². The predicted molar refractivity (Wildman–Crippen MR) is 126 cm³/mol. The second-order valence-electron chi connectivity index (χ2n) is 7.88. The van der Waals surface area contributed by atoms with Crippen molar-refractivity contribution in [3.05, 3.63) is 76.2 Å². The Morgan fingerprint density at radius 3 is 2.67 bits per heavy atom. The third kappa shape index (κ3) is 4.88. The summed E-state index contributed by atoms with van der Waals surface area (Å²) < 4.78 is 11.7. The van der Waals surface area contributed by atoms with Gasteiger partial charge in [-0.3, -0.25) is 9.59 Å². The molecule has 9 heteroatoms. The molecular weight excluding hydrogens is 440 g/mol. The van der Waals surface area contributed by atoms with Crippen LogP contribution in [0.2, 0.25) is 0 Å². The van der Waals surface area contributed by atoms with Crippen LogP contribution in [0.5, 0.6) is 5.75 Å². The molecule has 0 saturated heterocycles. The van der Waals surface area contributed by atoms with Gasteiger partial charge in [0.1, 0.15) is 22.0 Å². The van der Waals surface area contributed by atoms with Crippen LogP contribution in [0.3, 0.4) is 0 Å². The van der Waals surface area contributed by atoms with Gasteiger partial charge < -0.3 is 14.5 Å². The molecule has 0 aliphatic heterocycles. The molecular formula is C24H24N4O4S. The number of amides is 1. The molecule has 3 heterocycles. The van der Waals surface area contributed by atoms with Crippen molar-refractivity contribution in [1.82, 2.24) is 20.1 Å². The lowest BCUT2D eigenvalue weighted by atomic mass is 10.0. The summed E-state index contributed by atoms with van der Waals surface area (Å²) in [6, 6.07) is 14.2. The van der Waals surface area contributed by atoms with Crippen LogP contribution in [0.25, 0.3) is 22.0 Å². The first kappa shape index (κ1) is 22.5. The molecule has 0 atom stereocenters. The van der Waals surface area contributed by atoms with Crippen LogP contribution < -0.4 is 15.6 Å². The molecule has 0 bridgehead atoms. The molecule has 0 fully saturated rings. The van der Waals surface area contributed by atoms with Gasteiger partial charge >= 0.3 is 0 Å². The van der Waals surface area contributed by atoms with E-state index in [1.807, 2.05) is 29.6 Å². The number of carbonyl (C=O) groups excluding carboxylic acids is 1. The number of aromatic nitrogens is 3. The molecule has 3 aromatic heterocycles. The number of hydrogen-bond acceptors (Lipinski definition) is 7. The minimum atomic E-state index is -1.18. The summed E-state index contributed by atoms with van der Waals surface area (Å²) in [6.45, 7) is 3.71. The molecule has 4 rings (SSSR count). The number of nitrogens with one attached hydrogen (secondary N) is 1. The van der Waals surface area contributed by atoms with E-state index >= 15 is 0 Å². The summed E-state index contributed by atoms with van der Waals surface area (Å²) in [6.07, 6.45) is 2.10. The molecule has 0 unspecified atom stereocenters. The highest BCUT2D eigenvalue weighted by molar-refractivity contribution is 7.13. The molecule has 0 spiro atoms. The lowest BCUT2D eigenvalue weighted by Crippen LogP contribution is -2.50. The van der Waals surface area contributed by atoms with Gasteiger partial charge in [-0.15, -0.1) is 11.3 Å². The normalized spacial score (nSPS) is 11.4. The second-order valence-corrected chi connectivity index (χ2v) is 8.74. The van der Waals surface area contributed by atoms with Crippen molar-refractivity contribution in [1.29, 1.82) is 0 Å². The fourth-order valence-corrected chi connectivity index (χ4v) is 4.13. The Bertz CT molecular complexity index is 1290. The first-order valence-electron chi connectivity index (χ1n) is 10.4. The number of benzene rings is 1. The zero-order chi connectivity index (χ0) is 23.4. The topological polar surface area (TPSA) is 99.2 Å². The smallest absolute Gasteiger partial charge is 0.267 e. The number of hydrogen-bond donors (Lipinski definition) is 1. The molecule has 1 aromatic carbocycles. The Balaban J connectivity index is 1.40. The van der Waals surface area contributed by atoms with Crippen LogP contribution in [-0.4, -0.2) is 34.3 Å². The summed E-state index contributed by atoms with van der Waals surface area (Å²) >= 11 is 1.55. The Kier molecular flexibility index (Phi) is 6.41. The maximum atomic E-state index is 12.9. The second kappa shape index (κ2) is 9.41. The molecule has 4 aromatic rings. The number of nitrogens with zero attached hydrogens (tertiary/aromatic N) is 3. The third-order valence-electron chi connectivity index (χ3n) is 5.21. The van der Waals surface area contributed by atoms with E-state index in [1.165, 1.54) is 17.0 Å². The molecule has 1 amide bonds. The number of thiazole rings is 1. The molecule has 170 valence electrons. The summed E-state index contributed by atoms with van der Waals surface area (Å²) in [7, 11) is 1.63. The van der Waals surface area contributed by atoms with Crippen molar-refractivity contribution < 1.29 is 13.9 Å². The number of furan rings is 1. The molecule has 0 saturated carbocycles. The van der Waals surface area contributed by atoms with Gasteiger partial charge in [0.25, 0.3) is 5.56 Å². The average molecular weight is 465 g/mol. The Morgan fingerprint density at radius 2 is 1.97 bits per heavy atom. The average Bonchev–Trinajstić information content (AvgIpc) is 3.52. The van der Waals surface area contributed by atoms with E-state index in [1.54, 1.807) is 50.5 Å². The van der Waals surface area contributed by atoms with Gasteiger partial charge in [0.2, 0.25) is 5.91 Å². The van der Waals surface area contributed by atoms with Gasteiger partial charge in [-0.2, -0.15) is 5.10 Å². The molecule has 8 nitrogen and oxygen atoms in total. The van der Waals surface area contributed by atoms with Gasteiger partial charge in [0, 0.05) is 30.0 Å². The Morgan fingerprint density at radius 1 is 1.18 bits per heavy atom. The summed E-state index contributed by atoms with van der Waals surface area (Å²) in [5, 5.41) is 10.1. The van der Waals surface area contributed by atoms with E-state index in [-0.39, 0.29) is 11.5 Å². The lowest BCUT2D eigenvalue weighted by Gasteiger charge is -2.25. The van der Waals surface area contributed by atoms with E-state index in [4.69, 9.17) is 9.15 Å². The quantitative estimate of drug-likeness (QED) is 0.427. The zero-order valence-electron chi connectivity index (χ0n) is 18.6. The van der Waals surface area contributed by atoms with E-state index in [0.29, 0.717) is 24.4 Å². The molecule has 0 aliphatic carbocycles. The minimum absolute atomic E-state index is 0.306. The van der Waals surface area contributed by atoms with Crippen molar-refractivity contribution in [3.63, 3.8) is 0 Å². The molecule has 33 heavy (non-hydrogen) atoms. The maximum absolute atomic E-state index is 12.9. The third-order valence-corrected chi connectivity index (χ3v) is 6.15. The molecule has 0 radical (unpaired) electrons. The lowest BCUT2D eigenvalue weighted by molar-refractivity contribution is -0.128. The predicted octanol–water partition coefficient (Wildman–Crippen LogP) is 3.73.